The summed E-state index contributed by atoms with van der Waals surface area (Å²) in [7, 11) is 5.02. The summed E-state index contributed by atoms with van der Waals surface area (Å²) >= 11 is 0. The number of likely N-dealkylation sites (tertiary alicyclic amines) is 1. The Bertz CT molecular complexity index is 510. The Morgan fingerprint density at radius 1 is 1.05 bits per heavy atom. The molecule has 1 saturated carbocycles. The van der Waals surface area contributed by atoms with Gasteiger partial charge in [-0.25, -0.2) is 0 Å². The number of rotatable bonds is 5. The molecule has 0 amide bonds. The number of benzene rings is 1. The van der Waals surface area contributed by atoms with Crippen LogP contribution in [0.25, 0.3) is 0 Å². The topological polar surface area (TPSA) is 57.0 Å². The van der Waals surface area contributed by atoms with Gasteiger partial charge in [-0.2, -0.15) is 0 Å². The Kier molecular flexibility index (Phi) is 4.45. The van der Waals surface area contributed by atoms with E-state index in [1.807, 2.05) is 12.1 Å². The highest BCUT2D eigenvalue weighted by atomic mass is 16.5. The molecule has 1 aromatic rings. The molecule has 1 aromatic carbocycles. The molecule has 2 aliphatic rings. The third-order valence-electron chi connectivity index (χ3n) is 5.19. The van der Waals surface area contributed by atoms with Crippen molar-refractivity contribution in [2.45, 2.75) is 25.4 Å². The Hall–Kier alpha value is -1.46. The number of nitrogens with two attached hydrogens (primary N) is 1. The monoisotopic (exact) mass is 306 g/mol. The first-order valence-electron chi connectivity index (χ1n) is 7.93. The van der Waals surface area contributed by atoms with E-state index in [1.165, 1.54) is 12.8 Å². The SMILES string of the molecule is COc1cc(OC)c(CN2CC3CCC(N)C3C2)c(OC)c1. The van der Waals surface area contributed by atoms with E-state index in [0.29, 0.717) is 12.0 Å². The minimum absolute atomic E-state index is 0.370. The van der Waals surface area contributed by atoms with Crippen molar-refractivity contribution in [2.24, 2.45) is 17.6 Å². The molecule has 0 bridgehead atoms. The van der Waals surface area contributed by atoms with E-state index in [9.17, 15) is 0 Å². The van der Waals surface area contributed by atoms with Crippen LogP contribution in [-0.2, 0) is 6.54 Å². The number of fused-ring (bicyclic) bond motifs is 1. The lowest BCUT2D eigenvalue weighted by Crippen LogP contribution is -2.30. The normalized spacial score (nSPS) is 27.7. The van der Waals surface area contributed by atoms with Gasteiger partial charge >= 0.3 is 0 Å². The maximum Gasteiger partial charge on any atom is 0.130 e. The van der Waals surface area contributed by atoms with Gasteiger partial charge in [-0.05, 0) is 24.7 Å². The van der Waals surface area contributed by atoms with E-state index in [-0.39, 0.29) is 0 Å². The zero-order chi connectivity index (χ0) is 15.7. The lowest BCUT2D eigenvalue weighted by Gasteiger charge is -2.22. The zero-order valence-corrected chi connectivity index (χ0v) is 13.7. The fourth-order valence-electron chi connectivity index (χ4n) is 3.99. The minimum atomic E-state index is 0.370. The molecule has 0 radical (unpaired) electrons. The molecule has 2 fully saturated rings. The lowest BCUT2D eigenvalue weighted by molar-refractivity contribution is 0.283. The van der Waals surface area contributed by atoms with E-state index in [1.54, 1.807) is 21.3 Å². The number of nitrogens with zero attached hydrogens (tertiary/aromatic N) is 1. The number of ether oxygens (including phenoxy) is 3. The molecule has 1 aliphatic heterocycles. The Labute approximate surface area is 132 Å². The zero-order valence-electron chi connectivity index (χ0n) is 13.7. The Balaban J connectivity index is 1.80. The van der Waals surface area contributed by atoms with Crippen molar-refractivity contribution in [1.29, 1.82) is 0 Å². The number of methoxy groups -OCH3 is 3. The molecule has 0 spiro atoms. The summed E-state index contributed by atoms with van der Waals surface area (Å²) < 4.78 is 16.4. The molecule has 3 rings (SSSR count). The molecule has 2 N–H and O–H groups in total. The second kappa shape index (κ2) is 6.34. The van der Waals surface area contributed by atoms with Gasteiger partial charge in [0.2, 0.25) is 0 Å². The van der Waals surface area contributed by atoms with Gasteiger partial charge in [-0.3, -0.25) is 4.90 Å². The van der Waals surface area contributed by atoms with Gasteiger partial charge < -0.3 is 19.9 Å². The van der Waals surface area contributed by atoms with Crippen LogP contribution < -0.4 is 19.9 Å². The first-order chi connectivity index (χ1) is 10.7. The van der Waals surface area contributed by atoms with Crippen LogP contribution in [0.1, 0.15) is 18.4 Å². The quantitative estimate of drug-likeness (QED) is 0.900. The average Bonchev–Trinajstić information content (AvgIpc) is 3.09. The van der Waals surface area contributed by atoms with Crippen LogP contribution in [0, 0.1) is 11.8 Å². The minimum Gasteiger partial charge on any atom is -0.496 e. The van der Waals surface area contributed by atoms with Crippen LogP contribution in [0.4, 0.5) is 0 Å². The van der Waals surface area contributed by atoms with Crippen molar-refractivity contribution in [3.05, 3.63) is 17.7 Å². The van der Waals surface area contributed by atoms with Crippen molar-refractivity contribution >= 4 is 0 Å². The van der Waals surface area contributed by atoms with E-state index < -0.39 is 0 Å². The number of hydrogen-bond acceptors (Lipinski definition) is 5. The van der Waals surface area contributed by atoms with Gasteiger partial charge in [0.15, 0.2) is 0 Å². The van der Waals surface area contributed by atoms with E-state index in [4.69, 9.17) is 19.9 Å². The summed E-state index contributed by atoms with van der Waals surface area (Å²) in [5.74, 6) is 3.79. The molecule has 1 heterocycles. The van der Waals surface area contributed by atoms with Gasteiger partial charge in [0.1, 0.15) is 17.2 Å². The Morgan fingerprint density at radius 2 is 1.73 bits per heavy atom. The first-order valence-corrected chi connectivity index (χ1v) is 7.93. The largest absolute Gasteiger partial charge is 0.496 e. The summed E-state index contributed by atoms with van der Waals surface area (Å²) in [5, 5.41) is 0. The maximum atomic E-state index is 6.23. The van der Waals surface area contributed by atoms with Crippen LogP contribution in [0.5, 0.6) is 17.2 Å². The highest BCUT2D eigenvalue weighted by Crippen LogP contribution is 2.40. The van der Waals surface area contributed by atoms with Crippen LogP contribution in [-0.4, -0.2) is 45.4 Å². The second-order valence-electron chi connectivity index (χ2n) is 6.37. The van der Waals surface area contributed by atoms with E-state index in [2.05, 4.69) is 4.90 Å². The third-order valence-corrected chi connectivity index (χ3v) is 5.19. The van der Waals surface area contributed by atoms with Crippen molar-refractivity contribution in [3.8, 4) is 17.2 Å². The Morgan fingerprint density at radius 3 is 2.27 bits per heavy atom. The second-order valence-corrected chi connectivity index (χ2v) is 6.37. The number of hydrogen-bond donors (Lipinski definition) is 1. The smallest absolute Gasteiger partial charge is 0.130 e. The predicted octanol–water partition coefficient (Wildman–Crippen LogP) is 1.88. The fraction of sp³-hybridized carbons (Fsp3) is 0.647. The molecule has 0 aromatic heterocycles. The van der Waals surface area contributed by atoms with Crippen LogP contribution in [0.2, 0.25) is 0 Å². The van der Waals surface area contributed by atoms with Gasteiger partial charge in [0.25, 0.3) is 0 Å². The first kappa shape index (κ1) is 15.4. The van der Waals surface area contributed by atoms with E-state index >= 15 is 0 Å². The summed E-state index contributed by atoms with van der Waals surface area (Å²) in [6, 6.07) is 4.20. The van der Waals surface area contributed by atoms with Crippen molar-refractivity contribution in [2.75, 3.05) is 34.4 Å². The lowest BCUT2D eigenvalue weighted by atomic mass is 9.98. The summed E-state index contributed by atoms with van der Waals surface area (Å²) in [4.78, 5) is 2.47. The highest BCUT2D eigenvalue weighted by molar-refractivity contribution is 5.50. The molecule has 3 atom stereocenters. The maximum absolute atomic E-state index is 6.23. The fourth-order valence-corrected chi connectivity index (χ4v) is 3.99. The van der Waals surface area contributed by atoms with E-state index in [0.717, 1.165) is 48.4 Å². The van der Waals surface area contributed by atoms with Crippen molar-refractivity contribution in [1.82, 2.24) is 4.90 Å². The van der Waals surface area contributed by atoms with Gasteiger partial charge in [-0.1, -0.05) is 0 Å². The molecule has 22 heavy (non-hydrogen) atoms. The average molecular weight is 306 g/mol. The summed E-state index contributed by atoms with van der Waals surface area (Å²) in [5.41, 5.74) is 7.32. The van der Waals surface area contributed by atoms with Crippen molar-refractivity contribution < 1.29 is 14.2 Å². The van der Waals surface area contributed by atoms with Crippen molar-refractivity contribution in [3.63, 3.8) is 0 Å². The molecular formula is C17H26N2O3. The van der Waals surface area contributed by atoms with Gasteiger partial charge in [0.05, 0.1) is 26.9 Å². The van der Waals surface area contributed by atoms with Crippen LogP contribution in [0.3, 0.4) is 0 Å². The third kappa shape index (κ3) is 2.75. The van der Waals surface area contributed by atoms with Crippen LogP contribution >= 0.6 is 0 Å². The molecule has 1 saturated heterocycles. The van der Waals surface area contributed by atoms with Gasteiger partial charge in [-0.15, -0.1) is 0 Å². The highest BCUT2D eigenvalue weighted by Gasteiger charge is 2.41. The predicted molar refractivity (Wildman–Crippen MR) is 85.6 cm³/mol. The molecule has 122 valence electrons. The molecule has 5 heteroatoms. The summed E-state index contributed by atoms with van der Waals surface area (Å²) in [6.07, 6.45) is 2.44. The standard InChI is InChI=1S/C17H26N2O3/c1-20-12-6-16(21-2)14(17(7-12)22-3)10-19-8-11-4-5-15(18)13(11)9-19/h6-7,11,13,15H,4-5,8-10,18H2,1-3H3. The van der Waals surface area contributed by atoms with Crippen LogP contribution in [0.15, 0.2) is 12.1 Å². The van der Waals surface area contributed by atoms with Gasteiger partial charge in [0, 0.05) is 37.8 Å². The molecular weight excluding hydrogens is 280 g/mol. The summed E-state index contributed by atoms with van der Waals surface area (Å²) in [6.45, 7) is 3.02. The molecule has 5 nitrogen and oxygen atoms in total. The molecule has 1 aliphatic carbocycles. The molecule has 3 unspecified atom stereocenters.